The molecule has 0 heterocycles. The Balaban J connectivity index is 2.39. The SMILES string of the molecule is CCC(CC)C(Cl)CNC(=O)Cc1cccc(O)c1. The minimum atomic E-state index is -0.0674. The molecule has 0 spiro atoms. The summed E-state index contributed by atoms with van der Waals surface area (Å²) in [5.74, 6) is 0.544. The molecule has 4 heteroatoms. The van der Waals surface area contributed by atoms with Crippen molar-refractivity contribution in [2.24, 2.45) is 5.92 Å². The number of phenols is 1. The van der Waals surface area contributed by atoms with Gasteiger partial charge in [0.15, 0.2) is 0 Å². The molecule has 1 aromatic carbocycles. The van der Waals surface area contributed by atoms with Crippen molar-refractivity contribution in [3.05, 3.63) is 29.8 Å². The molecular weight excluding hydrogens is 262 g/mol. The van der Waals surface area contributed by atoms with Crippen LogP contribution in [0.2, 0.25) is 0 Å². The second kappa shape index (κ2) is 8.05. The number of phenolic OH excluding ortho intramolecular Hbond substituents is 1. The first-order valence-corrected chi connectivity index (χ1v) is 7.19. The summed E-state index contributed by atoms with van der Waals surface area (Å²) in [4.78, 5) is 11.8. The van der Waals surface area contributed by atoms with Gasteiger partial charge in [-0.1, -0.05) is 38.8 Å². The van der Waals surface area contributed by atoms with Gasteiger partial charge in [-0.15, -0.1) is 11.6 Å². The van der Waals surface area contributed by atoms with Crippen molar-refractivity contribution >= 4 is 17.5 Å². The van der Waals surface area contributed by atoms with E-state index < -0.39 is 0 Å². The smallest absolute Gasteiger partial charge is 0.224 e. The monoisotopic (exact) mass is 283 g/mol. The van der Waals surface area contributed by atoms with Crippen molar-refractivity contribution in [2.75, 3.05) is 6.54 Å². The molecule has 0 bridgehead atoms. The molecular formula is C15H22ClNO2. The molecule has 0 aliphatic rings. The Morgan fingerprint density at radius 2 is 2.05 bits per heavy atom. The maximum absolute atomic E-state index is 11.8. The van der Waals surface area contributed by atoms with Crippen LogP contribution in [0, 0.1) is 5.92 Å². The maximum Gasteiger partial charge on any atom is 0.224 e. The van der Waals surface area contributed by atoms with E-state index >= 15 is 0 Å². The summed E-state index contributed by atoms with van der Waals surface area (Å²) in [6.07, 6.45) is 2.31. The van der Waals surface area contributed by atoms with Crippen LogP contribution in [-0.2, 0) is 11.2 Å². The molecule has 0 fully saturated rings. The summed E-state index contributed by atoms with van der Waals surface area (Å²) in [6.45, 7) is 4.71. The van der Waals surface area contributed by atoms with Crippen molar-refractivity contribution in [1.82, 2.24) is 5.32 Å². The zero-order chi connectivity index (χ0) is 14.3. The summed E-state index contributed by atoms with van der Waals surface area (Å²) in [6, 6.07) is 6.73. The van der Waals surface area contributed by atoms with E-state index in [0.717, 1.165) is 18.4 Å². The molecule has 0 aliphatic carbocycles. The lowest BCUT2D eigenvalue weighted by Crippen LogP contribution is -2.34. The largest absolute Gasteiger partial charge is 0.508 e. The normalized spacial score (nSPS) is 12.4. The van der Waals surface area contributed by atoms with Crippen molar-refractivity contribution in [2.45, 2.75) is 38.5 Å². The highest BCUT2D eigenvalue weighted by atomic mass is 35.5. The molecule has 2 N–H and O–H groups in total. The van der Waals surface area contributed by atoms with Crippen molar-refractivity contribution < 1.29 is 9.90 Å². The number of halogens is 1. The second-order valence-electron chi connectivity index (χ2n) is 4.74. The molecule has 1 amide bonds. The van der Waals surface area contributed by atoms with Gasteiger partial charge in [-0.3, -0.25) is 4.79 Å². The van der Waals surface area contributed by atoms with Crippen LogP contribution >= 0.6 is 11.6 Å². The van der Waals surface area contributed by atoms with E-state index in [1.54, 1.807) is 18.2 Å². The molecule has 19 heavy (non-hydrogen) atoms. The number of aromatic hydroxyl groups is 1. The molecule has 1 atom stereocenters. The molecule has 0 aromatic heterocycles. The highest BCUT2D eigenvalue weighted by Crippen LogP contribution is 2.17. The zero-order valence-corrected chi connectivity index (χ0v) is 12.3. The van der Waals surface area contributed by atoms with Gasteiger partial charge < -0.3 is 10.4 Å². The number of rotatable bonds is 7. The predicted molar refractivity (Wildman–Crippen MR) is 78.5 cm³/mol. The number of hydrogen-bond acceptors (Lipinski definition) is 2. The molecule has 0 aliphatic heterocycles. The standard InChI is InChI=1S/C15H22ClNO2/c1-3-12(4-2)14(16)10-17-15(19)9-11-6-5-7-13(18)8-11/h5-8,12,14,18H,3-4,9-10H2,1-2H3,(H,17,19). The van der Waals surface area contributed by atoms with Crippen LogP contribution < -0.4 is 5.32 Å². The quantitative estimate of drug-likeness (QED) is 0.756. The number of benzene rings is 1. The highest BCUT2D eigenvalue weighted by molar-refractivity contribution is 6.21. The van der Waals surface area contributed by atoms with E-state index in [1.807, 2.05) is 6.07 Å². The second-order valence-corrected chi connectivity index (χ2v) is 5.30. The van der Waals surface area contributed by atoms with Crippen LogP contribution in [-0.4, -0.2) is 22.9 Å². The lowest BCUT2D eigenvalue weighted by Gasteiger charge is -2.19. The Bertz CT molecular complexity index is 405. The molecule has 0 saturated carbocycles. The van der Waals surface area contributed by atoms with E-state index in [1.165, 1.54) is 0 Å². The fraction of sp³-hybridized carbons (Fsp3) is 0.533. The summed E-state index contributed by atoms with van der Waals surface area (Å²) in [5, 5.41) is 12.1. The maximum atomic E-state index is 11.8. The Labute approximate surface area is 120 Å². The first-order chi connectivity index (χ1) is 9.06. The van der Waals surface area contributed by atoms with Crippen LogP contribution in [0.15, 0.2) is 24.3 Å². The number of nitrogens with one attached hydrogen (secondary N) is 1. The summed E-state index contributed by atoms with van der Waals surface area (Å²) < 4.78 is 0. The van der Waals surface area contributed by atoms with Gasteiger partial charge in [-0.05, 0) is 23.6 Å². The zero-order valence-electron chi connectivity index (χ0n) is 11.5. The third kappa shape index (κ3) is 5.52. The van der Waals surface area contributed by atoms with Crippen LogP contribution in [0.25, 0.3) is 0 Å². The third-order valence-corrected chi connectivity index (χ3v) is 3.84. The minimum Gasteiger partial charge on any atom is -0.508 e. The summed E-state index contributed by atoms with van der Waals surface area (Å²) in [7, 11) is 0. The average Bonchev–Trinajstić information content (AvgIpc) is 2.38. The summed E-state index contributed by atoms with van der Waals surface area (Å²) >= 11 is 6.26. The highest BCUT2D eigenvalue weighted by Gasteiger charge is 2.16. The molecule has 1 rings (SSSR count). The van der Waals surface area contributed by atoms with Crippen LogP contribution in [0.5, 0.6) is 5.75 Å². The van der Waals surface area contributed by atoms with E-state index in [4.69, 9.17) is 11.6 Å². The average molecular weight is 284 g/mol. The van der Waals surface area contributed by atoms with Crippen LogP contribution in [0.4, 0.5) is 0 Å². The molecule has 3 nitrogen and oxygen atoms in total. The Hall–Kier alpha value is -1.22. The lowest BCUT2D eigenvalue weighted by molar-refractivity contribution is -0.120. The Kier molecular flexibility index (Phi) is 6.71. The fourth-order valence-corrected chi connectivity index (χ4v) is 2.53. The first kappa shape index (κ1) is 15.8. The summed E-state index contributed by atoms with van der Waals surface area (Å²) in [5.41, 5.74) is 0.797. The molecule has 0 radical (unpaired) electrons. The number of hydrogen-bond donors (Lipinski definition) is 2. The van der Waals surface area contributed by atoms with E-state index in [-0.39, 0.29) is 23.5 Å². The minimum absolute atomic E-state index is 0.0249. The van der Waals surface area contributed by atoms with Gasteiger partial charge >= 0.3 is 0 Å². The number of carbonyl (C=O) groups is 1. The van der Waals surface area contributed by atoms with Crippen molar-refractivity contribution in [3.63, 3.8) is 0 Å². The predicted octanol–water partition coefficient (Wildman–Crippen LogP) is 3.09. The molecule has 1 unspecified atom stereocenters. The van der Waals surface area contributed by atoms with Crippen LogP contribution in [0.1, 0.15) is 32.3 Å². The Morgan fingerprint density at radius 3 is 2.63 bits per heavy atom. The first-order valence-electron chi connectivity index (χ1n) is 6.75. The third-order valence-electron chi connectivity index (χ3n) is 3.33. The molecule has 1 aromatic rings. The van der Waals surface area contributed by atoms with Gasteiger partial charge in [0.1, 0.15) is 5.75 Å². The van der Waals surface area contributed by atoms with E-state index in [9.17, 15) is 9.90 Å². The van der Waals surface area contributed by atoms with Crippen molar-refractivity contribution in [3.8, 4) is 5.75 Å². The van der Waals surface area contributed by atoms with Gasteiger partial charge in [0.05, 0.1) is 11.8 Å². The van der Waals surface area contributed by atoms with E-state index in [2.05, 4.69) is 19.2 Å². The Morgan fingerprint density at radius 1 is 1.37 bits per heavy atom. The van der Waals surface area contributed by atoms with Crippen molar-refractivity contribution in [1.29, 1.82) is 0 Å². The lowest BCUT2D eigenvalue weighted by atomic mass is 9.99. The molecule has 106 valence electrons. The van der Waals surface area contributed by atoms with Gasteiger partial charge in [0, 0.05) is 6.54 Å². The topological polar surface area (TPSA) is 49.3 Å². The van der Waals surface area contributed by atoms with Gasteiger partial charge in [-0.2, -0.15) is 0 Å². The number of alkyl halides is 1. The number of amides is 1. The van der Waals surface area contributed by atoms with Gasteiger partial charge in [0.25, 0.3) is 0 Å². The van der Waals surface area contributed by atoms with Crippen LogP contribution in [0.3, 0.4) is 0 Å². The van der Waals surface area contributed by atoms with Gasteiger partial charge in [0.2, 0.25) is 5.91 Å². The fourth-order valence-electron chi connectivity index (χ4n) is 2.09. The van der Waals surface area contributed by atoms with Gasteiger partial charge in [-0.25, -0.2) is 0 Å². The number of carbonyl (C=O) groups excluding carboxylic acids is 1. The molecule has 0 saturated heterocycles. The van der Waals surface area contributed by atoms with E-state index in [0.29, 0.717) is 12.5 Å².